The van der Waals surface area contributed by atoms with E-state index < -0.39 is 4.92 Å². The van der Waals surface area contributed by atoms with Crippen molar-refractivity contribution in [2.75, 3.05) is 5.32 Å². The van der Waals surface area contributed by atoms with Crippen LogP contribution in [-0.4, -0.2) is 20.6 Å². The zero-order valence-electron chi connectivity index (χ0n) is 14.7. The van der Waals surface area contributed by atoms with Crippen LogP contribution in [0, 0.1) is 30.9 Å². The van der Waals surface area contributed by atoms with Crippen LogP contribution in [0.4, 0.5) is 11.5 Å². The normalized spacial score (nSPS) is 10.6. The topological polar surface area (TPSA) is 90.1 Å². The van der Waals surface area contributed by atoms with Gasteiger partial charge in [0.1, 0.15) is 5.82 Å². The van der Waals surface area contributed by atoms with E-state index in [4.69, 9.17) is 0 Å². The number of aryl methyl sites for hydroxylation is 3. The molecule has 0 aliphatic heterocycles. The summed E-state index contributed by atoms with van der Waals surface area (Å²) in [6.07, 6.45) is 0. The Hall–Kier alpha value is -3.48. The molecule has 7 heteroatoms. The molecule has 2 aromatic carbocycles. The van der Waals surface area contributed by atoms with Crippen LogP contribution in [0.3, 0.4) is 0 Å². The van der Waals surface area contributed by atoms with E-state index in [9.17, 15) is 14.9 Å². The van der Waals surface area contributed by atoms with Gasteiger partial charge in [-0.1, -0.05) is 17.7 Å². The van der Waals surface area contributed by atoms with E-state index in [2.05, 4.69) is 10.4 Å². The lowest BCUT2D eigenvalue weighted by Crippen LogP contribution is -2.15. The van der Waals surface area contributed by atoms with E-state index in [0.29, 0.717) is 16.9 Å². The Labute approximate surface area is 150 Å². The first-order valence-corrected chi connectivity index (χ1v) is 8.05. The van der Waals surface area contributed by atoms with Crippen molar-refractivity contribution >= 4 is 17.4 Å². The second-order valence-corrected chi connectivity index (χ2v) is 6.13. The molecule has 0 bridgehead atoms. The summed E-state index contributed by atoms with van der Waals surface area (Å²) >= 11 is 0. The highest BCUT2D eigenvalue weighted by Crippen LogP contribution is 2.21. The van der Waals surface area contributed by atoms with Crippen molar-refractivity contribution in [3.05, 3.63) is 81.0 Å². The first-order chi connectivity index (χ1) is 12.3. The van der Waals surface area contributed by atoms with Gasteiger partial charge >= 0.3 is 0 Å². The zero-order valence-corrected chi connectivity index (χ0v) is 14.7. The van der Waals surface area contributed by atoms with Gasteiger partial charge in [-0.15, -0.1) is 0 Å². The van der Waals surface area contributed by atoms with E-state index in [1.54, 1.807) is 17.7 Å². The molecular formula is C19H18N4O3. The molecule has 0 aliphatic carbocycles. The number of nitro groups is 1. The number of rotatable bonds is 4. The first kappa shape index (κ1) is 17.3. The van der Waals surface area contributed by atoms with Gasteiger partial charge in [0.05, 0.1) is 16.3 Å². The monoisotopic (exact) mass is 350 g/mol. The molecular weight excluding hydrogens is 332 g/mol. The lowest BCUT2D eigenvalue weighted by atomic mass is 10.1. The number of benzene rings is 2. The third-order valence-electron chi connectivity index (χ3n) is 4.01. The minimum atomic E-state index is -0.465. The average Bonchev–Trinajstić information content (AvgIpc) is 2.95. The van der Waals surface area contributed by atoms with Crippen LogP contribution in [0.25, 0.3) is 5.69 Å². The molecule has 0 spiro atoms. The number of aromatic nitrogens is 2. The Morgan fingerprint density at radius 1 is 1.08 bits per heavy atom. The van der Waals surface area contributed by atoms with Gasteiger partial charge in [-0.2, -0.15) is 5.10 Å². The quantitative estimate of drug-likeness (QED) is 0.570. The van der Waals surface area contributed by atoms with Gasteiger partial charge in [0.25, 0.3) is 11.6 Å². The second kappa shape index (κ2) is 6.79. The molecule has 1 heterocycles. The highest BCUT2D eigenvalue weighted by molar-refractivity contribution is 6.04. The maximum Gasteiger partial charge on any atom is 0.272 e. The highest BCUT2D eigenvalue weighted by atomic mass is 16.6. The number of anilines is 1. The molecule has 132 valence electrons. The molecule has 3 aromatic rings. The van der Waals surface area contributed by atoms with E-state index in [1.807, 2.05) is 38.1 Å². The molecule has 0 fully saturated rings. The standard InChI is InChI=1S/C19H18N4O3/c1-12-4-7-16(8-5-12)22-18(11-14(3)21-22)20-19(24)15-6-9-17(23(25)26)13(2)10-15/h4-11H,1-3H3,(H,20,24). The summed E-state index contributed by atoms with van der Waals surface area (Å²) in [5.41, 5.74) is 3.50. The van der Waals surface area contributed by atoms with Crippen molar-refractivity contribution in [3.63, 3.8) is 0 Å². The molecule has 1 amide bonds. The number of carbonyl (C=O) groups is 1. The van der Waals surface area contributed by atoms with Crippen molar-refractivity contribution < 1.29 is 9.72 Å². The average molecular weight is 350 g/mol. The predicted octanol–water partition coefficient (Wildman–Crippen LogP) is 3.96. The number of carbonyl (C=O) groups excluding carboxylic acids is 1. The lowest BCUT2D eigenvalue weighted by molar-refractivity contribution is -0.385. The molecule has 1 N–H and O–H groups in total. The van der Waals surface area contributed by atoms with Crippen molar-refractivity contribution in [2.45, 2.75) is 20.8 Å². The zero-order chi connectivity index (χ0) is 18.8. The van der Waals surface area contributed by atoms with Gasteiger partial charge in [0, 0.05) is 23.3 Å². The maximum absolute atomic E-state index is 12.6. The number of hydrogen-bond acceptors (Lipinski definition) is 4. The largest absolute Gasteiger partial charge is 0.306 e. The molecule has 0 saturated heterocycles. The summed E-state index contributed by atoms with van der Waals surface area (Å²) in [5, 5.41) is 18.2. The van der Waals surface area contributed by atoms with Gasteiger partial charge in [-0.25, -0.2) is 4.68 Å². The molecule has 7 nitrogen and oxygen atoms in total. The number of hydrogen-bond donors (Lipinski definition) is 1. The lowest BCUT2D eigenvalue weighted by Gasteiger charge is -2.10. The molecule has 0 aliphatic rings. The first-order valence-electron chi connectivity index (χ1n) is 8.05. The van der Waals surface area contributed by atoms with Gasteiger partial charge < -0.3 is 5.32 Å². The Morgan fingerprint density at radius 2 is 1.77 bits per heavy atom. The summed E-state index contributed by atoms with van der Waals surface area (Å²) in [6, 6.07) is 13.9. The third kappa shape index (κ3) is 3.46. The van der Waals surface area contributed by atoms with Crippen LogP contribution < -0.4 is 5.32 Å². The maximum atomic E-state index is 12.6. The van der Waals surface area contributed by atoms with Crippen LogP contribution in [0.1, 0.15) is 27.2 Å². The summed E-state index contributed by atoms with van der Waals surface area (Å²) < 4.78 is 1.66. The highest BCUT2D eigenvalue weighted by Gasteiger charge is 2.16. The fourth-order valence-corrected chi connectivity index (χ4v) is 2.66. The Bertz CT molecular complexity index is 991. The minimum absolute atomic E-state index is 0.0120. The summed E-state index contributed by atoms with van der Waals surface area (Å²) in [7, 11) is 0. The molecule has 0 unspecified atom stereocenters. The van der Waals surface area contributed by atoms with E-state index in [0.717, 1.165) is 16.9 Å². The van der Waals surface area contributed by atoms with Crippen LogP contribution in [0.15, 0.2) is 48.5 Å². The van der Waals surface area contributed by atoms with Crippen LogP contribution in [0.5, 0.6) is 0 Å². The predicted molar refractivity (Wildman–Crippen MR) is 98.8 cm³/mol. The summed E-state index contributed by atoms with van der Waals surface area (Å²) in [6.45, 7) is 5.45. The van der Waals surface area contributed by atoms with E-state index in [-0.39, 0.29) is 11.6 Å². The molecule has 0 saturated carbocycles. The smallest absolute Gasteiger partial charge is 0.272 e. The van der Waals surface area contributed by atoms with E-state index >= 15 is 0 Å². The Balaban J connectivity index is 1.90. The molecule has 1 aromatic heterocycles. The van der Waals surface area contributed by atoms with Crippen LogP contribution in [-0.2, 0) is 0 Å². The number of nitro benzene ring substituents is 1. The van der Waals surface area contributed by atoms with Crippen molar-refractivity contribution in [2.24, 2.45) is 0 Å². The van der Waals surface area contributed by atoms with E-state index in [1.165, 1.54) is 18.2 Å². The molecule has 0 atom stereocenters. The van der Waals surface area contributed by atoms with Gasteiger partial charge in [-0.3, -0.25) is 14.9 Å². The SMILES string of the molecule is Cc1ccc(-n2nc(C)cc2NC(=O)c2ccc([N+](=O)[O-])c(C)c2)cc1. The fourth-order valence-electron chi connectivity index (χ4n) is 2.66. The van der Waals surface area contributed by atoms with Gasteiger partial charge in [0.15, 0.2) is 0 Å². The molecule has 26 heavy (non-hydrogen) atoms. The Morgan fingerprint density at radius 3 is 2.38 bits per heavy atom. The number of nitrogens with zero attached hydrogens (tertiary/aromatic N) is 3. The van der Waals surface area contributed by atoms with Gasteiger partial charge in [0.2, 0.25) is 0 Å². The second-order valence-electron chi connectivity index (χ2n) is 6.13. The van der Waals surface area contributed by atoms with Crippen molar-refractivity contribution in [1.29, 1.82) is 0 Å². The minimum Gasteiger partial charge on any atom is -0.306 e. The fraction of sp³-hybridized carbons (Fsp3) is 0.158. The van der Waals surface area contributed by atoms with Crippen molar-refractivity contribution in [1.82, 2.24) is 9.78 Å². The molecule has 3 rings (SSSR count). The number of nitrogens with one attached hydrogen (secondary N) is 1. The van der Waals surface area contributed by atoms with Crippen molar-refractivity contribution in [3.8, 4) is 5.69 Å². The molecule has 0 radical (unpaired) electrons. The third-order valence-corrected chi connectivity index (χ3v) is 4.01. The summed E-state index contributed by atoms with van der Waals surface area (Å²) in [4.78, 5) is 23.0. The number of amides is 1. The van der Waals surface area contributed by atoms with Crippen LogP contribution >= 0.6 is 0 Å². The van der Waals surface area contributed by atoms with Crippen LogP contribution in [0.2, 0.25) is 0 Å². The Kier molecular flexibility index (Phi) is 4.53. The van der Waals surface area contributed by atoms with Gasteiger partial charge in [-0.05, 0) is 45.0 Å². The summed E-state index contributed by atoms with van der Waals surface area (Å²) in [5.74, 6) is 0.184.